The first-order valence-electron chi connectivity index (χ1n) is 4.77. The largest absolute Gasteiger partial charge is 0.396 e. The molecule has 1 aromatic rings. The Kier molecular flexibility index (Phi) is 3.25. The Balaban J connectivity index is 2.05. The van der Waals surface area contributed by atoms with Crippen molar-refractivity contribution < 1.29 is 4.74 Å². The Morgan fingerprint density at radius 3 is 2.87 bits per heavy atom. The topological polar surface area (TPSA) is 63.4 Å². The molecule has 5 nitrogen and oxygen atoms in total. The Morgan fingerprint density at radius 1 is 1.40 bits per heavy atom. The molecule has 0 saturated carbocycles. The lowest BCUT2D eigenvalue weighted by Gasteiger charge is -2.27. The highest BCUT2D eigenvalue weighted by Crippen LogP contribution is 2.19. The van der Waals surface area contributed by atoms with Crippen molar-refractivity contribution in [2.75, 3.05) is 37.5 Å². The van der Waals surface area contributed by atoms with Crippen molar-refractivity contribution >= 4 is 23.1 Å². The smallest absolute Gasteiger partial charge is 0.165 e. The first-order chi connectivity index (χ1) is 7.25. The fourth-order valence-corrected chi connectivity index (χ4v) is 1.51. The highest BCUT2D eigenvalue weighted by Gasteiger charge is 2.12. The fourth-order valence-electron chi connectivity index (χ4n) is 1.36. The molecule has 1 saturated heterocycles. The molecule has 15 heavy (non-hydrogen) atoms. The van der Waals surface area contributed by atoms with Crippen molar-refractivity contribution in [3.63, 3.8) is 0 Å². The summed E-state index contributed by atoms with van der Waals surface area (Å²) in [5, 5.41) is 2.44. The van der Waals surface area contributed by atoms with Gasteiger partial charge in [-0.15, -0.1) is 0 Å². The van der Waals surface area contributed by atoms with E-state index in [0.717, 1.165) is 13.1 Å². The van der Waals surface area contributed by atoms with E-state index in [9.17, 15) is 0 Å². The van der Waals surface area contributed by atoms with E-state index in [1.54, 1.807) is 12.1 Å². The van der Waals surface area contributed by atoms with E-state index in [1.165, 1.54) is 0 Å². The molecule has 3 N–H and O–H groups in total. The van der Waals surface area contributed by atoms with Crippen LogP contribution in [0.2, 0.25) is 5.15 Å². The third-order valence-corrected chi connectivity index (χ3v) is 2.38. The van der Waals surface area contributed by atoms with Crippen molar-refractivity contribution in [2.24, 2.45) is 0 Å². The summed E-state index contributed by atoms with van der Waals surface area (Å²) in [5.41, 5.74) is 9.48. The van der Waals surface area contributed by atoms with E-state index in [2.05, 4.69) is 10.4 Å². The third kappa shape index (κ3) is 2.71. The summed E-state index contributed by atoms with van der Waals surface area (Å²) in [5.74, 6) is 0.601. The second kappa shape index (κ2) is 4.65. The number of hydrogen-bond donors (Lipinski definition) is 2. The maximum Gasteiger partial charge on any atom is 0.165 e. The zero-order valence-corrected chi connectivity index (χ0v) is 9.00. The van der Waals surface area contributed by atoms with Crippen LogP contribution in [0.4, 0.5) is 11.5 Å². The van der Waals surface area contributed by atoms with E-state index in [0.29, 0.717) is 29.9 Å². The maximum atomic E-state index is 5.78. The highest BCUT2D eigenvalue weighted by molar-refractivity contribution is 6.29. The van der Waals surface area contributed by atoms with Gasteiger partial charge in [-0.2, -0.15) is 0 Å². The van der Waals surface area contributed by atoms with Gasteiger partial charge in [-0.05, 0) is 12.1 Å². The van der Waals surface area contributed by atoms with E-state index in [-0.39, 0.29) is 0 Å². The summed E-state index contributed by atoms with van der Waals surface area (Å²) in [4.78, 5) is 4.11. The molecule has 1 aliphatic rings. The number of anilines is 2. The molecule has 0 atom stereocenters. The summed E-state index contributed by atoms with van der Waals surface area (Å²) < 4.78 is 5.23. The van der Waals surface area contributed by atoms with Gasteiger partial charge in [0.2, 0.25) is 0 Å². The lowest BCUT2D eigenvalue weighted by atomic mass is 10.4. The van der Waals surface area contributed by atoms with Crippen molar-refractivity contribution in [3.8, 4) is 0 Å². The fraction of sp³-hybridized carbons (Fsp3) is 0.444. The number of nitrogen functional groups attached to an aromatic ring is 1. The molecule has 0 aromatic carbocycles. The molecule has 0 amide bonds. The standard InChI is InChI=1S/C9H13ClN4O/c10-8-2-1-7(11)9(12-8)13-14-3-5-15-6-4-14/h1-2H,3-6,11H2,(H,12,13). The minimum Gasteiger partial charge on any atom is -0.396 e. The average molecular weight is 229 g/mol. The van der Waals surface area contributed by atoms with E-state index < -0.39 is 0 Å². The molecule has 0 unspecified atom stereocenters. The van der Waals surface area contributed by atoms with Crippen LogP contribution >= 0.6 is 11.6 Å². The summed E-state index contributed by atoms with van der Waals surface area (Å²) in [6.45, 7) is 3.06. The first-order valence-corrected chi connectivity index (χ1v) is 5.15. The molecule has 1 fully saturated rings. The molecule has 82 valence electrons. The molecule has 0 radical (unpaired) electrons. The van der Waals surface area contributed by atoms with Crippen LogP contribution in [0.5, 0.6) is 0 Å². The van der Waals surface area contributed by atoms with Crippen LogP contribution < -0.4 is 11.2 Å². The van der Waals surface area contributed by atoms with E-state index >= 15 is 0 Å². The lowest BCUT2D eigenvalue weighted by molar-refractivity contribution is 0.0495. The van der Waals surface area contributed by atoms with Gasteiger partial charge >= 0.3 is 0 Å². The van der Waals surface area contributed by atoms with Gasteiger partial charge < -0.3 is 15.9 Å². The number of nitrogens with one attached hydrogen (secondary N) is 1. The van der Waals surface area contributed by atoms with Crippen molar-refractivity contribution in [3.05, 3.63) is 17.3 Å². The molecule has 0 aliphatic carbocycles. The third-order valence-electron chi connectivity index (χ3n) is 2.17. The number of aromatic nitrogens is 1. The number of hydrazine groups is 1. The van der Waals surface area contributed by atoms with E-state index in [4.69, 9.17) is 22.1 Å². The van der Waals surface area contributed by atoms with Crippen LogP contribution in [0, 0.1) is 0 Å². The van der Waals surface area contributed by atoms with Gasteiger partial charge in [0.25, 0.3) is 0 Å². The zero-order valence-electron chi connectivity index (χ0n) is 8.24. The van der Waals surface area contributed by atoms with E-state index in [1.807, 2.05) is 5.01 Å². The van der Waals surface area contributed by atoms with Crippen molar-refractivity contribution in [1.29, 1.82) is 0 Å². The summed E-state index contributed by atoms with van der Waals surface area (Å²) in [6, 6.07) is 3.40. The second-order valence-electron chi connectivity index (χ2n) is 3.28. The predicted molar refractivity (Wildman–Crippen MR) is 59.7 cm³/mol. The Labute approximate surface area is 93.1 Å². The minimum atomic E-state index is 0.431. The van der Waals surface area contributed by atoms with Crippen LogP contribution in [0.1, 0.15) is 0 Å². The van der Waals surface area contributed by atoms with Crippen molar-refractivity contribution in [2.45, 2.75) is 0 Å². The number of halogens is 1. The number of pyridine rings is 1. The van der Waals surface area contributed by atoms with Gasteiger partial charge in [0.05, 0.1) is 18.9 Å². The van der Waals surface area contributed by atoms with Gasteiger partial charge in [0.1, 0.15) is 5.15 Å². The lowest BCUT2D eigenvalue weighted by Crippen LogP contribution is -2.40. The number of nitrogens with two attached hydrogens (primary N) is 1. The molecule has 6 heteroatoms. The summed E-state index contributed by atoms with van der Waals surface area (Å²) in [6.07, 6.45) is 0. The molecule has 2 heterocycles. The van der Waals surface area contributed by atoms with Crippen molar-refractivity contribution in [1.82, 2.24) is 9.99 Å². The molecule has 1 aliphatic heterocycles. The quantitative estimate of drug-likeness (QED) is 0.739. The number of hydrogen-bond acceptors (Lipinski definition) is 5. The van der Waals surface area contributed by atoms with Gasteiger partial charge in [-0.3, -0.25) is 0 Å². The minimum absolute atomic E-state index is 0.431. The molecule has 0 bridgehead atoms. The number of ether oxygens (including phenoxy) is 1. The Morgan fingerprint density at radius 2 is 2.13 bits per heavy atom. The normalized spacial score (nSPS) is 17.7. The number of nitrogens with zero attached hydrogens (tertiary/aromatic N) is 2. The zero-order chi connectivity index (χ0) is 10.7. The van der Waals surface area contributed by atoms with Crippen LogP contribution in [-0.4, -0.2) is 36.3 Å². The van der Waals surface area contributed by atoms with Gasteiger partial charge in [0.15, 0.2) is 5.82 Å². The molecule has 2 rings (SSSR count). The molecular formula is C9H13ClN4O. The molecular weight excluding hydrogens is 216 g/mol. The van der Waals surface area contributed by atoms with Crippen LogP contribution in [0.15, 0.2) is 12.1 Å². The predicted octanol–water partition coefficient (Wildman–Crippen LogP) is 0.976. The van der Waals surface area contributed by atoms with Crippen LogP contribution in [-0.2, 0) is 4.74 Å². The number of morpholine rings is 1. The first kappa shape index (κ1) is 10.5. The second-order valence-corrected chi connectivity index (χ2v) is 3.67. The average Bonchev–Trinajstić information content (AvgIpc) is 2.25. The summed E-state index contributed by atoms with van der Waals surface area (Å²) in [7, 11) is 0. The molecule has 1 aromatic heterocycles. The van der Waals surface area contributed by atoms with Crippen LogP contribution in [0.25, 0.3) is 0 Å². The van der Waals surface area contributed by atoms with Gasteiger partial charge in [0, 0.05) is 13.1 Å². The van der Waals surface area contributed by atoms with Crippen LogP contribution in [0.3, 0.4) is 0 Å². The SMILES string of the molecule is Nc1ccc(Cl)nc1NN1CCOCC1. The monoisotopic (exact) mass is 228 g/mol. The maximum absolute atomic E-state index is 5.78. The highest BCUT2D eigenvalue weighted by atomic mass is 35.5. The Bertz CT molecular complexity index is 341. The van der Waals surface area contributed by atoms with Gasteiger partial charge in [-0.1, -0.05) is 11.6 Å². The molecule has 0 spiro atoms. The summed E-state index contributed by atoms with van der Waals surface area (Å²) >= 11 is 5.78. The number of rotatable bonds is 2. The Hall–Kier alpha value is -1.04. The van der Waals surface area contributed by atoms with Gasteiger partial charge in [-0.25, -0.2) is 9.99 Å².